The molecular formula is C22H16O6. The van der Waals surface area contributed by atoms with Crippen LogP contribution in [0.2, 0.25) is 0 Å². The molecule has 1 saturated carbocycles. The zero-order valence-electron chi connectivity index (χ0n) is 14.7. The van der Waals surface area contributed by atoms with E-state index in [4.69, 9.17) is 9.47 Å². The van der Waals surface area contributed by atoms with E-state index in [9.17, 15) is 19.2 Å². The van der Waals surface area contributed by atoms with Crippen LogP contribution in [0.25, 0.3) is 5.57 Å². The van der Waals surface area contributed by atoms with Gasteiger partial charge in [-0.05, 0) is 34.8 Å². The van der Waals surface area contributed by atoms with Crippen molar-refractivity contribution in [1.29, 1.82) is 0 Å². The molecule has 6 nitrogen and oxygen atoms in total. The topological polar surface area (TPSA) is 86.7 Å². The molecule has 7 rings (SSSR count). The molecule has 3 fully saturated rings. The van der Waals surface area contributed by atoms with Gasteiger partial charge in [-0.2, -0.15) is 0 Å². The van der Waals surface area contributed by atoms with E-state index >= 15 is 0 Å². The second kappa shape index (κ2) is 5.28. The molecule has 0 N–H and O–H groups in total. The van der Waals surface area contributed by atoms with Crippen LogP contribution in [-0.2, 0) is 28.7 Å². The highest BCUT2D eigenvalue weighted by molar-refractivity contribution is 6.01. The molecule has 0 aromatic heterocycles. The highest BCUT2D eigenvalue weighted by Gasteiger charge is 2.67. The molecule has 28 heavy (non-hydrogen) atoms. The van der Waals surface area contributed by atoms with E-state index in [0.717, 1.165) is 11.1 Å². The Labute approximate surface area is 160 Å². The number of ether oxygens (including phenoxy) is 2. The Morgan fingerprint density at radius 1 is 0.643 bits per heavy atom. The molecule has 8 atom stereocenters. The fourth-order valence-electron chi connectivity index (χ4n) is 6.22. The third-order valence-corrected chi connectivity index (χ3v) is 7.16. The lowest BCUT2D eigenvalue weighted by Gasteiger charge is -2.53. The number of allylic oxidation sites excluding steroid dienone is 3. The van der Waals surface area contributed by atoms with Crippen LogP contribution in [0.5, 0.6) is 0 Å². The van der Waals surface area contributed by atoms with Crippen molar-refractivity contribution in [3.8, 4) is 0 Å². The Morgan fingerprint density at radius 2 is 1.25 bits per heavy atom. The molecule has 0 amide bonds. The van der Waals surface area contributed by atoms with Gasteiger partial charge < -0.3 is 9.47 Å². The van der Waals surface area contributed by atoms with Gasteiger partial charge in [0.1, 0.15) is 0 Å². The maximum Gasteiger partial charge on any atom is 0.321 e. The number of hydrogen-bond donors (Lipinski definition) is 0. The molecule has 0 spiro atoms. The minimum absolute atomic E-state index is 0.142. The van der Waals surface area contributed by atoms with Gasteiger partial charge in [0.15, 0.2) is 0 Å². The largest absolute Gasteiger partial charge is 0.393 e. The SMILES string of the molecule is O=C1OC(=O)[C@@H]2[C@H]3C=C[C@H]([C@@H]12)[C@@H]1C(c2ccccc2)=C[C@H]2C(=O)OC(=O)[C@H]2[C@@H]31. The molecule has 2 aliphatic heterocycles. The van der Waals surface area contributed by atoms with Crippen LogP contribution in [-0.4, -0.2) is 23.9 Å². The highest BCUT2D eigenvalue weighted by Crippen LogP contribution is 2.63. The Hall–Kier alpha value is -3.02. The first-order valence-corrected chi connectivity index (χ1v) is 9.53. The van der Waals surface area contributed by atoms with Gasteiger partial charge in [-0.25, -0.2) is 0 Å². The van der Waals surface area contributed by atoms with Crippen molar-refractivity contribution in [2.75, 3.05) is 0 Å². The zero-order chi connectivity index (χ0) is 19.2. The minimum Gasteiger partial charge on any atom is -0.393 e. The summed E-state index contributed by atoms with van der Waals surface area (Å²) in [5.74, 6) is -5.40. The normalized spacial score (nSPS) is 42.5. The third kappa shape index (κ3) is 1.83. The van der Waals surface area contributed by atoms with Gasteiger partial charge in [0.2, 0.25) is 0 Å². The van der Waals surface area contributed by atoms with Crippen LogP contribution in [0, 0.1) is 47.3 Å². The molecule has 140 valence electrons. The monoisotopic (exact) mass is 376 g/mol. The molecule has 2 saturated heterocycles. The number of cyclic esters (lactones) is 4. The number of esters is 4. The first kappa shape index (κ1) is 16.0. The van der Waals surface area contributed by atoms with Gasteiger partial charge in [-0.3, -0.25) is 19.2 Å². The molecule has 0 unspecified atom stereocenters. The summed E-state index contributed by atoms with van der Waals surface area (Å²) < 4.78 is 9.95. The van der Waals surface area contributed by atoms with Crippen molar-refractivity contribution in [3.63, 3.8) is 0 Å². The van der Waals surface area contributed by atoms with E-state index in [1.54, 1.807) is 0 Å². The van der Waals surface area contributed by atoms with Gasteiger partial charge in [0, 0.05) is 0 Å². The second-order valence-corrected chi connectivity index (χ2v) is 8.21. The number of rotatable bonds is 1. The second-order valence-electron chi connectivity index (χ2n) is 8.21. The van der Waals surface area contributed by atoms with Crippen LogP contribution in [0.3, 0.4) is 0 Å². The Bertz CT molecular complexity index is 1010. The van der Waals surface area contributed by atoms with Crippen molar-refractivity contribution in [1.82, 2.24) is 0 Å². The van der Waals surface area contributed by atoms with E-state index in [-0.39, 0.29) is 23.7 Å². The van der Waals surface area contributed by atoms with Gasteiger partial charge in [0.25, 0.3) is 0 Å². The van der Waals surface area contributed by atoms with Crippen molar-refractivity contribution in [2.24, 2.45) is 47.3 Å². The van der Waals surface area contributed by atoms with E-state index in [2.05, 4.69) is 0 Å². The number of carbonyl (C=O) groups is 4. The highest BCUT2D eigenvalue weighted by atomic mass is 16.6. The van der Waals surface area contributed by atoms with Crippen LogP contribution in [0.1, 0.15) is 5.56 Å². The maximum absolute atomic E-state index is 12.6. The first-order valence-electron chi connectivity index (χ1n) is 9.53. The van der Waals surface area contributed by atoms with Crippen LogP contribution in [0.15, 0.2) is 48.6 Å². The van der Waals surface area contributed by atoms with Gasteiger partial charge in [-0.1, -0.05) is 48.6 Å². The van der Waals surface area contributed by atoms with E-state index in [0.29, 0.717) is 0 Å². The molecule has 6 aliphatic rings. The summed E-state index contributed by atoms with van der Waals surface area (Å²) in [7, 11) is 0. The van der Waals surface area contributed by atoms with Gasteiger partial charge in [-0.15, -0.1) is 0 Å². The molecule has 2 bridgehead atoms. The van der Waals surface area contributed by atoms with Crippen LogP contribution >= 0.6 is 0 Å². The molecule has 2 heterocycles. The number of hydrogen-bond acceptors (Lipinski definition) is 6. The van der Waals surface area contributed by atoms with Gasteiger partial charge in [0.05, 0.1) is 23.7 Å². The van der Waals surface area contributed by atoms with Crippen molar-refractivity contribution in [3.05, 3.63) is 54.1 Å². The number of benzene rings is 1. The average molecular weight is 376 g/mol. The molecule has 6 heteroatoms. The maximum atomic E-state index is 12.6. The van der Waals surface area contributed by atoms with Crippen molar-refractivity contribution >= 4 is 29.5 Å². The smallest absolute Gasteiger partial charge is 0.321 e. The Kier molecular flexibility index (Phi) is 3.01. The number of fused-ring (bicyclic) bond motifs is 1. The van der Waals surface area contributed by atoms with E-state index < -0.39 is 47.5 Å². The lowest BCUT2D eigenvalue weighted by molar-refractivity contribution is -0.156. The zero-order valence-corrected chi connectivity index (χ0v) is 14.7. The summed E-state index contributed by atoms with van der Waals surface area (Å²) in [6.07, 6.45) is 5.78. The van der Waals surface area contributed by atoms with Crippen molar-refractivity contribution in [2.45, 2.75) is 0 Å². The van der Waals surface area contributed by atoms with Crippen LogP contribution < -0.4 is 0 Å². The summed E-state index contributed by atoms with van der Waals surface area (Å²) in [6, 6.07) is 9.68. The lowest BCUT2D eigenvalue weighted by atomic mass is 9.47. The van der Waals surface area contributed by atoms with E-state index in [1.807, 2.05) is 48.6 Å². The fraction of sp³-hybridized carbons (Fsp3) is 0.364. The predicted molar refractivity (Wildman–Crippen MR) is 93.7 cm³/mol. The minimum atomic E-state index is -0.650. The van der Waals surface area contributed by atoms with Crippen LogP contribution in [0.4, 0.5) is 0 Å². The van der Waals surface area contributed by atoms with Crippen molar-refractivity contribution < 1.29 is 28.7 Å². The summed E-state index contributed by atoms with van der Waals surface area (Å²) in [5, 5.41) is 0. The average Bonchev–Trinajstić information content (AvgIpc) is 3.18. The molecular weight excluding hydrogens is 360 g/mol. The quantitative estimate of drug-likeness (QED) is 0.422. The summed E-state index contributed by atoms with van der Waals surface area (Å²) in [5.41, 5.74) is 1.90. The molecule has 1 aromatic carbocycles. The van der Waals surface area contributed by atoms with E-state index in [1.165, 1.54) is 0 Å². The Balaban J connectivity index is 1.57. The Morgan fingerprint density at radius 3 is 2.00 bits per heavy atom. The summed E-state index contributed by atoms with van der Waals surface area (Å²) in [4.78, 5) is 49.7. The number of carbonyl (C=O) groups excluding carboxylic acids is 4. The van der Waals surface area contributed by atoms with Gasteiger partial charge >= 0.3 is 23.9 Å². The lowest BCUT2D eigenvalue weighted by Crippen LogP contribution is -2.55. The first-order chi connectivity index (χ1) is 13.6. The molecule has 1 aromatic rings. The molecule has 4 aliphatic carbocycles. The standard InChI is InChI=1S/C22H16O6/c23-19-13-8-12(9-4-2-1-3-5-9)14-10-6-7-11(15(14)18(13)22(26)27-19)17-16(10)20(24)28-21(17)25/h1-8,10-11,13-18H/t10-,11-,13+,14+,15-,16+,17+,18+/m0/s1. The molecule has 0 radical (unpaired) electrons. The summed E-state index contributed by atoms with van der Waals surface area (Å²) in [6.45, 7) is 0. The third-order valence-electron chi connectivity index (χ3n) is 7.16. The predicted octanol–water partition coefficient (Wildman–Crippen LogP) is 1.76. The summed E-state index contributed by atoms with van der Waals surface area (Å²) >= 11 is 0. The fourth-order valence-corrected chi connectivity index (χ4v) is 6.22.